The van der Waals surface area contributed by atoms with E-state index >= 15 is 0 Å². The van der Waals surface area contributed by atoms with Gasteiger partial charge in [0, 0.05) is 12.7 Å². The van der Waals surface area contributed by atoms with Crippen LogP contribution in [0.2, 0.25) is 0 Å². The number of rotatable bonds is 5. The predicted molar refractivity (Wildman–Crippen MR) is 61.2 cm³/mol. The summed E-state index contributed by atoms with van der Waals surface area (Å²) in [5.41, 5.74) is 0.142. The normalized spacial score (nSPS) is 29.1. The van der Waals surface area contributed by atoms with E-state index in [1.165, 1.54) is 18.9 Å². The van der Waals surface area contributed by atoms with Gasteiger partial charge >= 0.3 is 5.97 Å². The number of aliphatic hydroxyl groups is 1. The molecule has 8 heteroatoms. The third-order valence-electron chi connectivity index (χ3n) is 3.59. The van der Waals surface area contributed by atoms with E-state index in [9.17, 15) is 19.8 Å². The van der Waals surface area contributed by atoms with Gasteiger partial charge in [-0.25, -0.2) is 10.7 Å². The first-order valence-corrected chi connectivity index (χ1v) is 5.79. The number of fused-ring (bicyclic) bond motifs is 1. The molecule has 0 aromatic heterocycles. The number of hydrogen-bond donors (Lipinski definition) is 3. The van der Waals surface area contributed by atoms with Crippen LogP contribution in [0.15, 0.2) is 11.3 Å². The summed E-state index contributed by atoms with van der Waals surface area (Å²) in [5.74, 6) is 2.82. The number of carbonyl (C=O) groups excluding carboxylic acids is 1. The molecule has 2 heterocycles. The molecule has 106 valence electrons. The minimum Gasteiger partial charge on any atom is -0.477 e. The molecule has 8 nitrogen and oxygen atoms in total. The Morgan fingerprint density at radius 1 is 1.58 bits per heavy atom. The number of β-lactam (4-membered cyclic amide) rings is 1. The Labute approximate surface area is 109 Å². The number of carboxylic acid groups (broad SMARTS) is 1. The zero-order valence-electron chi connectivity index (χ0n) is 10.6. The fourth-order valence-electron chi connectivity index (χ4n) is 2.79. The molecule has 19 heavy (non-hydrogen) atoms. The van der Waals surface area contributed by atoms with Crippen molar-refractivity contribution >= 4 is 11.9 Å². The minimum absolute atomic E-state index is 0.163. The van der Waals surface area contributed by atoms with Gasteiger partial charge < -0.3 is 19.8 Å². The lowest BCUT2D eigenvalue weighted by Crippen LogP contribution is -2.61. The van der Waals surface area contributed by atoms with Gasteiger partial charge in [0.1, 0.15) is 5.70 Å². The van der Waals surface area contributed by atoms with Gasteiger partial charge in [-0.15, -0.1) is 0 Å². The van der Waals surface area contributed by atoms with Gasteiger partial charge in [-0.1, -0.05) is 0 Å². The van der Waals surface area contributed by atoms with Crippen molar-refractivity contribution in [2.75, 3.05) is 7.11 Å². The van der Waals surface area contributed by atoms with Gasteiger partial charge in [-0.05, 0) is 13.3 Å². The van der Waals surface area contributed by atoms with E-state index in [1.54, 1.807) is 0 Å². The molecule has 0 radical (unpaired) electrons. The average Bonchev–Trinajstić information content (AvgIpc) is 2.66. The summed E-state index contributed by atoms with van der Waals surface area (Å²) in [4.78, 5) is 28.9. The van der Waals surface area contributed by atoms with Crippen LogP contribution >= 0.6 is 0 Å². The summed E-state index contributed by atoms with van der Waals surface area (Å²) in [6.07, 6.45) is -1.58. The van der Waals surface area contributed by atoms with E-state index in [0.717, 1.165) is 0 Å². The first-order chi connectivity index (χ1) is 8.93. The van der Waals surface area contributed by atoms with E-state index in [0.29, 0.717) is 5.57 Å². The molecule has 4 unspecified atom stereocenters. The maximum Gasteiger partial charge on any atom is 0.352 e. The quantitative estimate of drug-likeness (QED) is 0.326. The third kappa shape index (κ3) is 1.93. The van der Waals surface area contributed by atoms with Crippen LogP contribution < -0.4 is 5.90 Å². The van der Waals surface area contributed by atoms with Crippen LogP contribution in [0.3, 0.4) is 0 Å². The van der Waals surface area contributed by atoms with Crippen LogP contribution in [0.1, 0.15) is 13.3 Å². The predicted octanol–water partition coefficient (Wildman–Crippen LogP) is -1.20. The first kappa shape index (κ1) is 13.9. The average molecular weight is 272 g/mol. The number of nitrogens with two attached hydrogens (primary N) is 1. The second-order valence-electron chi connectivity index (χ2n) is 4.63. The molecule has 4 atom stereocenters. The molecular formula is C11H16N2O6. The van der Waals surface area contributed by atoms with Crippen LogP contribution in [0.25, 0.3) is 0 Å². The number of carbonyl (C=O) groups is 2. The zero-order chi connectivity index (χ0) is 14.3. The first-order valence-electron chi connectivity index (χ1n) is 5.79. The maximum absolute atomic E-state index is 11.9. The Morgan fingerprint density at radius 2 is 2.21 bits per heavy atom. The molecule has 0 aromatic carbocycles. The Balaban J connectivity index is 2.34. The Bertz CT molecular complexity index is 442. The van der Waals surface area contributed by atoms with Crippen molar-refractivity contribution in [2.45, 2.75) is 31.8 Å². The number of amides is 1. The number of hydrogen-bond acceptors (Lipinski definition) is 6. The van der Waals surface area contributed by atoms with Crippen LogP contribution in [0, 0.1) is 5.92 Å². The number of ether oxygens (including phenoxy) is 1. The fraction of sp³-hybridized carbons (Fsp3) is 0.636. The highest BCUT2D eigenvalue weighted by atomic mass is 16.7. The lowest BCUT2D eigenvalue weighted by Gasteiger charge is -2.44. The molecule has 2 rings (SSSR count). The summed E-state index contributed by atoms with van der Waals surface area (Å²) in [7, 11) is 1.33. The van der Waals surface area contributed by atoms with Crippen molar-refractivity contribution < 1.29 is 29.4 Å². The van der Waals surface area contributed by atoms with Crippen LogP contribution in [-0.4, -0.2) is 52.5 Å². The number of aliphatic hydroxyl groups excluding tert-OH is 1. The molecule has 0 aliphatic carbocycles. The Hall–Kier alpha value is -1.48. The molecule has 0 spiro atoms. The van der Waals surface area contributed by atoms with Gasteiger partial charge in [0.15, 0.2) is 0 Å². The van der Waals surface area contributed by atoms with Crippen LogP contribution in [0.4, 0.5) is 0 Å². The molecule has 0 bridgehead atoms. The highest BCUT2D eigenvalue weighted by molar-refractivity contribution is 5.99. The van der Waals surface area contributed by atoms with Gasteiger partial charge in [-0.3, -0.25) is 9.63 Å². The summed E-state index contributed by atoms with van der Waals surface area (Å²) in [6.45, 7) is 1.51. The van der Waals surface area contributed by atoms with Crippen molar-refractivity contribution in [1.29, 1.82) is 0 Å². The zero-order valence-corrected chi connectivity index (χ0v) is 10.6. The minimum atomic E-state index is -1.24. The van der Waals surface area contributed by atoms with Gasteiger partial charge in [0.25, 0.3) is 0 Å². The number of aliphatic carboxylic acids is 1. The topological polar surface area (TPSA) is 122 Å². The molecule has 4 N–H and O–H groups in total. The van der Waals surface area contributed by atoms with E-state index in [1.807, 2.05) is 0 Å². The molecule has 0 aromatic rings. The molecule has 0 saturated carbocycles. The van der Waals surface area contributed by atoms with Crippen molar-refractivity contribution in [3.63, 3.8) is 0 Å². The standard InChI is InChI=1S/C11H16N2O6/c1-4(14)7-6-3-5(11(18-2)19-12)8(10(16)17)13(6)9(7)15/h4,6-7,11,14H,3,12H2,1-2H3,(H,16,17). The fourth-order valence-corrected chi connectivity index (χ4v) is 2.79. The lowest BCUT2D eigenvalue weighted by molar-refractivity contribution is -0.161. The van der Waals surface area contributed by atoms with Crippen molar-refractivity contribution in [3.05, 3.63) is 11.3 Å². The van der Waals surface area contributed by atoms with Crippen LogP contribution in [0.5, 0.6) is 0 Å². The number of methoxy groups -OCH3 is 1. The van der Waals surface area contributed by atoms with Crippen LogP contribution in [-0.2, 0) is 19.2 Å². The second kappa shape index (κ2) is 4.89. The van der Waals surface area contributed by atoms with Crippen molar-refractivity contribution in [2.24, 2.45) is 11.8 Å². The van der Waals surface area contributed by atoms with E-state index < -0.39 is 30.2 Å². The van der Waals surface area contributed by atoms with E-state index in [4.69, 9.17) is 10.6 Å². The molecule has 1 fully saturated rings. The smallest absolute Gasteiger partial charge is 0.352 e. The Kier molecular flexibility index (Phi) is 3.59. The van der Waals surface area contributed by atoms with Crippen molar-refractivity contribution in [3.8, 4) is 0 Å². The van der Waals surface area contributed by atoms with Gasteiger partial charge in [-0.2, -0.15) is 0 Å². The second-order valence-corrected chi connectivity index (χ2v) is 4.63. The van der Waals surface area contributed by atoms with E-state index in [-0.39, 0.29) is 18.2 Å². The summed E-state index contributed by atoms with van der Waals surface area (Å²) in [5, 5.41) is 18.8. The Morgan fingerprint density at radius 3 is 2.63 bits per heavy atom. The molecule has 1 saturated heterocycles. The third-order valence-corrected chi connectivity index (χ3v) is 3.59. The largest absolute Gasteiger partial charge is 0.477 e. The molecule has 2 aliphatic rings. The summed E-state index contributed by atoms with van der Waals surface area (Å²) in [6, 6.07) is -0.374. The molecule has 2 aliphatic heterocycles. The number of nitrogens with zero attached hydrogens (tertiary/aromatic N) is 1. The van der Waals surface area contributed by atoms with E-state index in [2.05, 4.69) is 4.84 Å². The summed E-state index contributed by atoms with van der Waals surface area (Å²) >= 11 is 0. The molecule has 1 amide bonds. The lowest BCUT2D eigenvalue weighted by atomic mass is 9.83. The monoisotopic (exact) mass is 272 g/mol. The SMILES string of the molecule is COC(ON)C1=C(C(=O)O)N2C(=O)C(C(C)O)C2C1. The highest BCUT2D eigenvalue weighted by Crippen LogP contribution is 2.44. The number of carboxylic acids is 1. The van der Waals surface area contributed by atoms with Crippen molar-refractivity contribution in [1.82, 2.24) is 4.90 Å². The molecular weight excluding hydrogens is 256 g/mol. The summed E-state index contributed by atoms with van der Waals surface area (Å²) < 4.78 is 4.95. The highest BCUT2D eigenvalue weighted by Gasteiger charge is 2.57. The maximum atomic E-state index is 11.9. The van der Waals surface area contributed by atoms with Gasteiger partial charge in [0.05, 0.1) is 18.1 Å². The van der Waals surface area contributed by atoms with Gasteiger partial charge in [0.2, 0.25) is 12.2 Å².